The Bertz CT molecular complexity index is 1100. The number of likely N-dealkylation sites (tertiary alicyclic amines) is 1. The number of hydrogen-bond donors (Lipinski definition) is 1. The van der Waals surface area contributed by atoms with Crippen molar-refractivity contribution in [3.05, 3.63) is 65.9 Å². The molecule has 0 aliphatic carbocycles. The molecule has 166 valence electrons. The second-order valence-electron chi connectivity index (χ2n) is 8.70. The van der Waals surface area contributed by atoms with Crippen molar-refractivity contribution in [3.63, 3.8) is 0 Å². The molecule has 6 nitrogen and oxygen atoms in total. The number of amides is 2. The summed E-state index contributed by atoms with van der Waals surface area (Å²) in [4.78, 5) is 33.2. The van der Waals surface area contributed by atoms with Crippen molar-refractivity contribution in [1.82, 2.24) is 14.8 Å². The van der Waals surface area contributed by atoms with E-state index in [-0.39, 0.29) is 17.7 Å². The van der Waals surface area contributed by atoms with Gasteiger partial charge in [-0.1, -0.05) is 36.4 Å². The largest absolute Gasteiger partial charge is 0.493 e. The number of carbonyl (C=O) groups excluding carboxylic acids is 2. The van der Waals surface area contributed by atoms with Crippen molar-refractivity contribution in [2.75, 3.05) is 26.2 Å². The number of aromatic amines is 1. The highest BCUT2D eigenvalue weighted by molar-refractivity contribution is 5.86. The van der Waals surface area contributed by atoms with Crippen LogP contribution >= 0.6 is 0 Å². The minimum atomic E-state index is 0.00590. The number of rotatable bonds is 5. The molecule has 3 aromatic rings. The lowest BCUT2D eigenvalue weighted by Crippen LogP contribution is -2.45. The van der Waals surface area contributed by atoms with Crippen LogP contribution in [0.1, 0.15) is 30.5 Å². The quantitative estimate of drug-likeness (QED) is 0.669. The fraction of sp³-hybridized carbons (Fsp3) is 0.385. The minimum Gasteiger partial charge on any atom is -0.493 e. The Hall–Kier alpha value is -3.28. The average Bonchev–Trinajstić information content (AvgIpc) is 3.22. The van der Waals surface area contributed by atoms with Gasteiger partial charge in [0.25, 0.3) is 0 Å². The van der Waals surface area contributed by atoms with Crippen LogP contribution < -0.4 is 4.74 Å². The lowest BCUT2D eigenvalue weighted by Gasteiger charge is -2.35. The number of ether oxygens (including phenoxy) is 1. The first-order valence-corrected chi connectivity index (χ1v) is 11.5. The fourth-order valence-corrected chi connectivity index (χ4v) is 4.92. The first kappa shape index (κ1) is 20.6. The van der Waals surface area contributed by atoms with E-state index in [1.165, 1.54) is 16.6 Å². The van der Waals surface area contributed by atoms with Gasteiger partial charge in [0.15, 0.2) is 0 Å². The summed E-state index contributed by atoms with van der Waals surface area (Å²) in [7, 11) is 0. The topological polar surface area (TPSA) is 65.6 Å². The number of piperidine rings is 1. The zero-order valence-electron chi connectivity index (χ0n) is 18.3. The van der Waals surface area contributed by atoms with Gasteiger partial charge in [0.1, 0.15) is 5.75 Å². The van der Waals surface area contributed by atoms with Crippen molar-refractivity contribution in [1.29, 1.82) is 0 Å². The summed E-state index contributed by atoms with van der Waals surface area (Å²) in [6, 6.07) is 17.9. The number of nitrogens with zero attached hydrogens (tertiary/aromatic N) is 2. The maximum absolute atomic E-state index is 13.2. The molecule has 0 saturated carbocycles. The van der Waals surface area contributed by atoms with Crippen molar-refractivity contribution in [2.24, 2.45) is 5.92 Å². The van der Waals surface area contributed by atoms with E-state index < -0.39 is 0 Å². The predicted octanol–water partition coefficient (Wildman–Crippen LogP) is 3.76. The maximum atomic E-state index is 13.2. The van der Waals surface area contributed by atoms with E-state index in [0.717, 1.165) is 37.1 Å². The van der Waals surface area contributed by atoms with Gasteiger partial charge in [-0.3, -0.25) is 9.59 Å². The van der Waals surface area contributed by atoms with Crippen LogP contribution in [0.5, 0.6) is 5.75 Å². The predicted molar refractivity (Wildman–Crippen MR) is 123 cm³/mol. The number of carbonyl (C=O) groups is 2. The molecule has 2 aromatic carbocycles. The molecule has 1 saturated heterocycles. The first-order valence-electron chi connectivity index (χ1n) is 11.5. The maximum Gasteiger partial charge on any atom is 0.226 e. The van der Waals surface area contributed by atoms with Crippen molar-refractivity contribution < 1.29 is 14.3 Å². The Morgan fingerprint density at radius 1 is 0.938 bits per heavy atom. The summed E-state index contributed by atoms with van der Waals surface area (Å²) < 4.78 is 5.65. The normalized spacial score (nSPS) is 16.8. The van der Waals surface area contributed by atoms with Crippen LogP contribution in [0.3, 0.4) is 0 Å². The molecule has 1 fully saturated rings. The number of para-hydroxylation sites is 2. The Kier molecular flexibility index (Phi) is 5.84. The highest BCUT2D eigenvalue weighted by Gasteiger charge is 2.32. The van der Waals surface area contributed by atoms with Gasteiger partial charge in [0, 0.05) is 60.7 Å². The molecule has 2 amide bonds. The van der Waals surface area contributed by atoms with Crippen LogP contribution in [-0.4, -0.2) is 52.8 Å². The van der Waals surface area contributed by atoms with E-state index in [9.17, 15) is 9.59 Å². The van der Waals surface area contributed by atoms with Crippen LogP contribution in [0.25, 0.3) is 10.9 Å². The molecule has 1 aromatic heterocycles. The second-order valence-corrected chi connectivity index (χ2v) is 8.70. The first-order chi connectivity index (χ1) is 15.7. The van der Waals surface area contributed by atoms with E-state index in [1.807, 2.05) is 46.2 Å². The molecule has 6 heteroatoms. The van der Waals surface area contributed by atoms with Crippen LogP contribution in [-0.2, 0) is 22.6 Å². The van der Waals surface area contributed by atoms with Gasteiger partial charge in [0.05, 0.1) is 13.0 Å². The molecule has 3 heterocycles. The highest BCUT2D eigenvalue weighted by atomic mass is 16.5. The zero-order valence-corrected chi connectivity index (χ0v) is 18.3. The molecular weight excluding hydrogens is 402 g/mol. The summed E-state index contributed by atoms with van der Waals surface area (Å²) in [6.45, 7) is 3.10. The van der Waals surface area contributed by atoms with Gasteiger partial charge in [0.2, 0.25) is 11.8 Å². The number of aromatic nitrogens is 1. The Morgan fingerprint density at radius 3 is 2.50 bits per heavy atom. The van der Waals surface area contributed by atoms with Crippen molar-refractivity contribution >= 4 is 22.7 Å². The molecule has 32 heavy (non-hydrogen) atoms. The van der Waals surface area contributed by atoms with Crippen LogP contribution in [0.2, 0.25) is 0 Å². The van der Waals surface area contributed by atoms with Gasteiger partial charge >= 0.3 is 0 Å². The molecule has 0 atom stereocenters. The third-order valence-corrected chi connectivity index (χ3v) is 6.72. The van der Waals surface area contributed by atoms with Crippen molar-refractivity contribution in [3.8, 4) is 5.75 Å². The van der Waals surface area contributed by atoms with Gasteiger partial charge in [-0.25, -0.2) is 0 Å². The van der Waals surface area contributed by atoms with Gasteiger partial charge in [-0.05, 0) is 31.0 Å². The SMILES string of the molecule is O=C(CCOc1ccccc1)N1CCC(C(=O)N2CCc3[nH]c4ccccc4c3C2)CC1. The number of hydrogen-bond acceptors (Lipinski definition) is 3. The third kappa shape index (κ3) is 4.22. The molecule has 2 aliphatic heterocycles. The Morgan fingerprint density at radius 2 is 1.69 bits per heavy atom. The number of nitrogens with one attached hydrogen (secondary N) is 1. The monoisotopic (exact) mass is 431 g/mol. The molecule has 0 radical (unpaired) electrons. The summed E-state index contributed by atoms with van der Waals surface area (Å²) in [6.07, 6.45) is 2.71. The van der Waals surface area contributed by atoms with Crippen molar-refractivity contribution in [2.45, 2.75) is 32.2 Å². The molecule has 5 rings (SSSR count). The lowest BCUT2D eigenvalue weighted by molar-refractivity contribution is -0.141. The van der Waals surface area contributed by atoms with Crippen LogP contribution in [0.15, 0.2) is 54.6 Å². The average molecular weight is 432 g/mol. The molecule has 0 spiro atoms. The fourth-order valence-electron chi connectivity index (χ4n) is 4.92. The Labute approximate surface area is 188 Å². The minimum absolute atomic E-state index is 0.00590. The van der Waals surface area contributed by atoms with E-state index in [2.05, 4.69) is 23.2 Å². The number of benzene rings is 2. The molecule has 1 N–H and O–H groups in total. The van der Waals surface area contributed by atoms with Gasteiger partial charge < -0.3 is 19.5 Å². The molecular formula is C26H29N3O3. The smallest absolute Gasteiger partial charge is 0.226 e. The summed E-state index contributed by atoms with van der Waals surface area (Å²) >= 11 is 0. The van der Waals surface area contributed by atoms with Gasteiger partial charge in [-0.15, -0.1) is 0 Å². The zero-order chi connectivity index (χ0) is 21.9. The van der Waals surface area contributed by atoms with E-state index in [1.54, 1.807) is 0 Å². The lowest BCUT2D eigenvalue weighted by atomic mass is 9.93. The van der Waals surface area contributed by atoms with E-state index >= 15 is 0 Å². The summed E-state index contributed by atoms with van der Waals surface area (Å²) in [5, 5.41) is 1.22. The Balaban J connectivity index is 1.12. The number of H-pyrrole nitrogens is 1. The molecule has 0 unspecified atom stereocenters. The third-order valence-electron chi connectivity index (χ3n) is 6.72. The highest BCUT2D eigenvalue weighted by Crippen LogP contribution is 2.29. The second kappa shape index (κ2) is 9.07. The number of fused-ring (bicyclic) bond motifs is 3. The van der Waals surface area contributed by atoms with Gasteiger partial charge in [-0.2, -0.15) is 0 Å². The van der Waals surface area contributed by atoms with E-state index in [0.29, 0.717) is 32.7 Å². The molecule has 0 bridgehead atoms. The van der Waals surface area contributed by atoms with Crippen LogP contribution in [0.4, 0.5) is 0 Å². The standard InChI is InChI=1S/C26H29N3O3/c30-25(13-17-32-20-6-2-1-3-7-20)28-14-10-19(11-15-28)26(31)29-16-12-24-22(18-29)21-8-4-5-9-23(21)27-24/h1-9,19,27H,10-18H2. The van der Waals surface area contributed by atoms with E-state index in [4.69, 9.17) is 4.74 Å². The summed E-state index contributed by atoms with van der Waals surface area (Å²) in [5.41, 5.74) is 3.66. The molecule has 2 aliphatic rings. The van der Waals surface area contributed by atoms with Crippen LogP contribution in [0, 0.1) is 5.92 Å². The summed E-state index contributed by atoms with van der Waals surface area (Å²) in [5.74, 6) is 1.13.